The molecule has 13 heavy (non-hydrogen) atoms. The van der Waals surface area contributed by atoms with E-state index in [1.54, 1.807) is 0 Å². The van der Waals surface area contributed by atoms with E-state index in [-0.39, 0.29) is 9.61 Å². The van der Waals surface area contributed by atoms with Gasteiger partial charge in [0.1, 0.15) is 4.88 Å². The van der Waals surface area contributed by atoms with E-state index in [1.165, 1.54) is 6.92 Å². The monoisotopic (exact) mass is 275 g/mol. The molecule has 0 aliphatic carbocycles. The molecule has 0 fully saturated rings. The fraction of sp³-hybridized carbons (Fsp3) is 0.500. The van der Waals surface area contributed by atoms with Gasteiger partial charge in [-0.05, 0) is 22.9 Å². The smallest absolute Gasteiger partial charge is 0.387 e. The van der Waals surface area contributed by atoms with Crippen molar-refractivity contribution in [1.82, 2.24) is 4.98 Å². The van der Waals surface area contributed by atoms with Gasteiger partial charge in [-0.1, -0.05) is 0 Å². The summed E-state index contributed by atoms with van der Waals surface area (Å²) in [6, 6.07) is 0. The SMILES string of the molecule is CC(O)c1nc(Br)sc1C(F)(F)F. The van der Waals surface area contributed by atoms with Crippen molar-refractivity contribution in [2.45, 2.75) is 19.2 Å². The molecule has 1 unspecified atom stereocenters. The lowest BCUT2D eigenvalue weighted by Gasteiger charge is -2.07. The van der Waals surface area contributed by atoms with Crippen LogP contribution in [0.5, 0.6) is 0 Å². The van der Waals surface area contributed by atoms with Crippen molar-refractivity contribution in [1.29, 1.82) is 0 Å². The molecular formula is C6H5BrF3NOS. The van der Waals surface area contributed by atoms with E-state index in [0.29, 0.717) is 11.3 Å². The van der Waals surface area contributed by atoms with Gasteiger partial charge in [-0.25, -0.2) is 4.98 Å². The summed E-state index contributed by atoms with van der Waals surface area (Å²) in [6.45, 7) is 1.25. The molecule has 0 amide bonds. The van der Waals surface area contributed by atoms with Gasteiger partial charge in [0.2, 0.25) is 0 Å². The summed E-state index contributed by atoms with van der Waals surface area (Å²) in [7, 11) is 0. The normalized spacial score (nSPS) is 14.6. The number of alkyl halides is 3. The van der Waals surface area contributed by atoms with Crippen LogP contribution in [0.3, 0.4) is 0 Å². The molecule has 0 saturated carbocycles. The highest BCUT2D eigenvalue weighted by molar-refractivity contribution is 9.11. The van der Waals surface area contributed by atoms with Gasteiger partial charge < -0.3 is 5.11 Å². The van der Waals surface area contributed by atoms with E-state index in [2.05, 4.69) is 20.9 Å². The molecule has 0 radical (unpaired) electrons. The van der Waals surface area contributed by atoms with Gasteiger partial charge in [-0.3, -0.25) is 0 Å². The Hall–Kier alpha value is -0.140. The molecule has 0 saturated heterocycles. The highest BCUT2D eigenvalue weighted by atomic mass is 79.9. The molecule has 1 heterocycles. The fourth-order valence-electron chi connectivity index (χ4n) is 0.791. The molecule has 0 aliphatic heterocycles. The van der Waals surface area contributed by atoms with Crippen molar-refractivity contribution in [3.63, 3.8) is 0 Å². The van der Waals surface area contributed by atoms with Crippen molar-refractivity contribution >= 4 is 27.3 Å². The predicted molar refractivity (Wildman–Crippen MR) is 45.4 cm³/mol. The van der Waals surface area contributed by atoms with E-state index in [4.69, 9.17) is 5.11 Å². The van der Waals surface area contributed by atoms with Gasteiger partial charge in [-0.2, -0.15) is 13.2 Å². The Morgan fingerprint density at radius 3 is 2.38 bits per heavy atom. The molecular weight excluding hydrogens is 271 g/mol. The molecule has 1 aromatic heterocycles. The van der Waals surface area contributed by atoms with Crippen LogP contribution in [-0.2, 0) is 6.18 Å². The van der Waals surface area contributed by atoms with Crippen LogP contribution in [0.2, 0.25) is 0 Å². The second-order valence-corrected chi connectivity index (χ2v) is 4.63. The Morgan fingerprint density at radius 2 is 2.08 bits per heavy atom. The number of hydrogen-bond donors (Lipinski definition) is 1. The van der Waals surface area contributed by atoms with E-state index in [0.717, 1.165) is 0 Å². The molecule has 1 rings (SSSR count). The van der Waals surface area contributed by atoms with E-state index in [9.17, 15) is 13.2 Å². The maximum Gasteiger partial charge on any atom is 0.427 e. The largest absolute Gasteiger partial charge is 0.427 e. The van der Waals surface area contributed by atoms with Crippen LogP contribution in [-0.4, -0.2) is 10.1 Å². The first-order valence-corrected chi connectivity index (χ1v) is 4.85. The molecule has 1 aromatic rings. The maximum absolute atomic E-state index is 12.3. The number of thiazole rings is 1. The molecule has 0 aliphatic rings. The lowest BCUT2D eigenvalue weighted by atomic mass is 10.2. The molecule has 74 valence electrons. The van der Waals surface area contributed by atoms with Gasteiger partial charge in [0.15, 0.2) is 3.92 Å². The molecule has 0 aromatic carbocycles. The first-order chi connectivity index (χ1) is 5.82. The third-order valence-electron chi connectivity index (χ3n) is 1.28. The molecule has 0 bridgehead atoms. The van der Waals surface area contributed by atoms with Crippen molar-refractivity contribution in [2.75, 3.05) is 0 Å². The van der Waals surface area contributed by atoms with Crippen LogP contribution in [0, 0.1) is 0 Å². The van der Waals surface area contributed by atoms with Crippen molar-refractivity contribution in [2.24, 2.45) is 0 Å². The van der Waals surface area contributed by atoms with Gasteiger partial charge in [-0.15, -0.1) is 11.3 Å². The van der Waals surface area contributed by atoms with Gasteiger partial charge >= 0.3 is 6.18 Å². The first-order valence-electron chi connectivity index (χ1n) is 3.24. The summed E-state index contributed by atoms with van der Waals surface area (Å²) in [4.78, 5) is 2.69. The van der Waals surface area contributed by atoms with Gasteiger partial charge in [0.05, 0.1) is 11.8 Å². The number of rotatable bonds is 1. The summed E-state index contributed by atoms with van der Waals surface area (Å²) >= 11 is 3.31. The second-order valence-electron chi connectivity index (χ2n) is 2.35. The Morgan fingerprint density at radius 1 is 1.54 bits per heavy atom. The fourth-order valence-corrected chi connectivity index (χ4v) is 2.22. The standard InChI is InChI=1S/C6H5BrF3NOS/c1-2(12)3-4(6(8,9)10)13-5(7)11-3/h2,12H,1H3. The van der Waals surface area contributed by atoms with E-state index >= 15 is 0 Å². The van der Waals surface area contributed by atoms with Crippen LogP contribution in [0.4, 0.5) is 13.2 Å². The number of nitrogens with zero attached hydrogens (tertiary/aromatic N) is 1. The average molecular weight is 276 g/mol. The van der Waals surface area contributed by atoms with Gasteiger partial charge in [0.25, 0.3) is 0 Å². The molecule has 1 N–H and O–H groups in total. The summed E-state index contributed by atoms with van der Waals surface area (Å²) in [5.41, 5.74) is -0.329. The van der Waals surface area contributed by atoms with Crippen molar-refractivity contribution in [3.8, 4) is 0 Å². The third-order valence-corrected chi connectivity index (χ3v) is 2.85. The second kappa shape index (κ2) is 3.55. The summed E-state index contributed by atoms with van der Waals surface area (Å²) < 4.78 is 36.9. The maximum atomic E-state index is 12.3. The quantitative estimate of drug-likeness (QED) is 0.855. The molecule has 2 nitrogen and oxygen atoms in total. The lowest BCUT2D eigenvalue weighted by Crippen LogP contribution is -2.07. The third kappa shape index (κ3) is 2.41. The van der Waals surface area contributed by atoms with Crippen LogP contribution in [0.25, 0.3) is 0 Å². The highest BCUT2D eigenvalue weighted by Gasteiger charge is 2.37. The minimum Gasteiger partial charge on any atom is -0.387 e. The zero-order valence-corrected chi connectivity index (χ0v) is 8.79. The zero-order chi connectivity index (χ0) is 10.2. The Bertz CT molecular complexity index is 309. The van der Waals surface area contributed by atoms with Crippen LogP contribution >= 0.6 is 27.3 Å². The number of halogens is 4. The van der Waals surface area contributed by atoms with E-state index in [1.807, 2.05) is 0 Å². The molecule has 0 spiro atoms. The Labute approximate surface area is 84.5 Å². The lowest BCUT2D eigenvalue weighted by molar-refractivity contribution is -0.136. The number of aromatic nitrogens is 1. The first kappa shape index (κ1) is 10.9. The van der Waals surface area contributed by atoms with Crippen LogP contribution < -0.4 is 0 Å². The minimum atomic E-state index is -4.45. The average Bonchev–Trinajstić information content (AvgIpc) is 2.29. The highest BCUT2D eigenvalue weighted by Crippen LogP contribution is 2.39. The topological polar surface area (TPSA) is 33.1 Å². The van der Waals surface area contributed by atoms with Crippen molar-refractivity contribution in [3.05, 3.63) is 14.5 Å². The number of aliphatic hydroxyl groups is 1. The summed E-state index contributed by atoms with van der Waals surface area (Å²) in [5, 5.41) is 9.00. The zero-order valence-electron chi connectivity index (χ0n) is 6.39. The Kier molecular flexibility index (Phi) is 2.98. The molecule has 7 heteroatoms. The number of hydrogen-bond acceptors (Lipinski definition) is 3. The number of aliphatic hydroxyl groups excluding tert-OH is 1. The van der Waals surface area contributed by atoms with E-state index < -0.39 is 17.2 Å². The van der Waals surface area contributed by atoms with Crippen LogP contribution in [0.15, 0.2) is 3.92 Å². The van der Waals surface area contributed by atoms with Crippen molar-refractivity contribution < 1.29 is 18.3 Å². The van der Waals surface area contributed by atoms with Gasteiger partial charge in [0, 0.05) is 0 Å². The Balaban J connectivity index is 3.20. The summed E-state index contributed by atoms with van der Waals surface area (Å²) in [5.74, 6) is 0. The molecule has 1 atom stereocenters. The summed E-state index contributed by atoms with van der Waals surface area (Å²) in [6.07, 6.45) is -5.66. The van der Waals surface area contributed by atoms with Crippen LogP contribution in [0.1, 0.15) is 23.6 Å². The minimum absolute atomic E-state index is 0.121. The predicted octanol–water partition coefficient (Wildman–Crippen LogP) is 2.98.